The summed E-state index contributed by atoms with van der Waals surface area (Å²) in [6, 6.07) is 8.03. The molecule has 1 aromatic rings. The molecule has 1 aliphatic heterocycles. The Morgan fingerprint density at radius 3 is 2.93 bits per heavy atom. The first-order valence-corrected chi connectivity index (χ1v) is 4.94. The second-order valence-corrected chi connectivity index (χ2v) is 3.49. The Hall–Kier alpha value is -1.84. The normalized spacial score (nSPS) is 13.8. The molecule has 4 nitrogen and oxygen atoms in total. The van der Waals surface area contributed by atoms with Crippen molar-refractivity contribution in [1.82, 2.24) is 10.9 Å². The molecule has 1 aliphatic rings. The Balaban J connectivity index is 2.11. The summed E-state index contributed by atoms with van der Waals surface area (Å²) in [7, 11) is 0. The van der Waals surface area contributed by atoms with Gasteiger partial charge in [-0.3, -0.25) is 15.6 Å². The number of benzene rings is 1. The van der Waals surface area contributed by atoms with Gasteiger partial charge in [-0.25, -0.2) is 4.99 Å². The van der Waals surface area contributed by atoms with Gasteiger partial charge in [0.2, 0.25) is 5.91 Å². The summed E-state index contributed by atoms with van der Waals surface area (Å²) in [5, 5.41) is 0. The van der Waals surface area contributed by atoms with Crippen molar-refractivity contribution in [3.05, 3.63) is 29.8 Å². The van der Waals surface area contributed by atoms with Gasteiger partial charge in [0.15, 0.2) is 0 Å². The lowest BCUT2D eigenvalue weighted by Gasteiger charge is -2.16. The van der Waals surface area contributed by atoms with Crippen LogP contribution in [0.1, 0.15) is 18.9 Å². The number of aryl methyl sites for hydroxylation is 1. The molecule has 78 valence electrons. The lowest BCUT2D eigenvalue weighted by molar-refractivity contribution is -0.119. The number of amidine groups is 1. The molecular formula is C11H13N3O. The minimum Gasteiger partial charge on any atom is -0.285 e. The van der Waals surface area contributed by atoms with Crippen molar-refractivity contribution < 1.29 is 4.79 Å². The number of para-hydroxylation sites is 1. The van der Waals surface area contributed by atoms with Crippen LogP contribution >= 0.6 is 0 Å². The van der Waals surface area contributed by atoms with Crippen LogP contribution in [-0.2, 0) is 11.2 Å². The maximum absolute atomic E-state index is 10.7. The largest absolute Gasteiger partial charge is 0.285 e. The predicted octanol–water partition coefficient (Wildman–Crippen LogP) is 1.30. The highest BCUT2D eigenvalue weighted by Gasteiger charge is 2.10. The molecule has 0 atom stereocenters. The van der Waals surface area contributed by atoms with Crippen molar-refractivity contribution in [2.24, 2.45) is 4.99 Å². The van der Waals surface area contributed by atoms with Crippen molar-refractivity contribution in [2.45, 2.75) is 19.8 Å². The topological polar surface area (TPSA) is 53.5 Å². The van der Waals surface area contributed by atoms with Gasteiger partial charge in [-0.2, -0.15) is 0 Å². The van der Waals surface area contributed by atoms with Gasteiger partial charge < -0.3 is 0 Å². The van der Waals surface area contributed by atoms with Crippen molar-refractivity contribution >= 4 is 17.4 Å². The molecule has 2 rings (SSSR count). The molecule has 1 heterocycles. The number of hydrogen-bond acceptors (Lipinski definition) is 3. The van der Waals surface area contributed by atoms with Crippen molar-refractivity contribution in [3.63, 3.8) is 0 Å². The first-order chi connectivity index (χ1) is 7.25. The van der Waals surface area contributed by atoms with Crippen molar-refractivity contribution in [1.29, 1.82) is 0 Å². The van der Waals surface area contributed by atoms with E-state index in [4.69, 9.17) is 0 Å². The van der Waals surface area contributed by atoms with Crippen LogP contribution in [0.15, 0.2) is 29.3 Å². The van der Waals surface area contributed by atoms with E-state index in [1.807, 2.05) is 18.2 Å². The van der Waals surface area contributed by atoms with Crippen LogP contribution in [0, 0.1) is 0 Å². The summed E-state index contributed by atoms with van der Waals surface area (Å²) in [5.41, 5.74) is 7.58. The van der Waals surface area contributed by atoms with Crippen LogP contribution in [-0.4, -0.2) is 11.7 Å². The zero-order valence-corrected chi connectivity index (χ0v) is 8.58. The second-order valence-electron chi connectivity index (χ2n) is 3.49. The third-order valence-electron chi connectivity index (χ3n) is 2.26. The molecule has 2 N–H and O–H groups in total. The molecule has 4 heteroatoms. The van der Waals surface area contributed by atoms with Crippen molar-refractivity contribution in [3.8, 4) is 0 Å². The highest BCUT2D eigenvalue weighted by molar-refractivity contribution is 5.88. The van der Waals surface area contributed by atoms with E-state index in [1.165, 1.54) is 12.5 Å². The molecule has 0 spiro atoms. The molecule has 0 bridgehead atoms. The van der Waals surface area contributed by atoms with E-state index in [1.54, 1.807) is 0 Å². The van der Waals surface area contributed by atoms with E-state index >= 15 is 0 Å². The SMILES string of the molecule is CC(=O)NNC1=Nc2ccccc2CC1. The van der Waals surface area contributed by atoms with E-state index in [9.17, 15) is 4.79 Å². The number of carbonyl (C=O) groups excluding carboxylic acids is 1. The number of aliphatic imine (C=N–C) groups is 1. The van der Waals surface area contributed by atoms with Gasteiger partial charge in [0.05, 0.1) is 5.69 Å². The first kappa shape index (κ1) is 9.71. The van der Waals surface area contributed by atoms with Crippen LogP contribution < -0.4 is 10.9 Å². The number of nitrogens with zero attached hydrogens (tertiary/aromatic N) is 1. The summed E-state index contributed by atoms with van der Waals surface area (Å²) >= 11 is 0. The quantitative estimate of drug-likeness (QED) is 0.624. The standard InChI is InChI=1S/C11H13N3O/c1-8(15)13-14-11-7-6-9-4-2-3-5-10(9)12-11/h2-5H,6-7H2,1H3,(H,12,14)(H,13,15). The lowest BCUT2D eigenvalue weighted by atomic mass is 10.0. The second kappa shape index (κ2) is 4.13. The highest BCUT2D eigenvalue weighted by atomic mass is 16.2. The van der Waals surface area contributed by atoms with E-state index in [0.717, 1.165) is 24.4 Å². The fourth-order valence-corrected chi connectivity index (χ4v) is 1.54. The molecule has 0 radical (unpaired) electrons. The highest BCUT2D eigenvalue weighted by Crippen LogP contribution is 2.24. The summed E-state index contributed by atoms with van der Waals surface area (Å²) in [6.45, 7) is 1.46. The fraction of sp³-hybridized carbons (Fsp3) is 0.273. The molecule has 0 aromatic heterocycles. The Kier molecular flexibility index (Phi) is 2.67. The maximum Gasteiger partial charge on any atom is 0.235 e. The molecule has 0 unspecified atom stereocenters. The molecule has 0 saturated carbocycles. The number of hydrogen-bond donors (Lipinski definition) is 2. The fourth-order valence-electron chi connectivity index (χ4n) is 1.54. The third kappa shape index (κ3) is 2.34. The summed E-state index contributed by atoms with van der Waals surface area (Å²) in [4.78, 5) is 15.1. The summed E-state index contributed by atoms with van der Waals surface area (Å²) < 4.78 is 0. The summed E-state index contributed by atoms with van der Waals surface area (Å²) in [6.07, 6.45) is 1.79. The Bertz CT molecular complexity index is 412. The van der Waals surface area contributed by atoms with Crippen LogP contribution in [0.4, 0.5) is 5.69 Å². The van der Waals surface area contributed by atoms with Gasteiger partial charge in [-0.1, -0.05) is 18.2 Å². The molecule has 1 amide bonds. The average molecular weight is 203 g/mol. The minimum atomic E-state index is -0.114. The number of carbonyl (C=O) groups is 1. The first-order valence-electron chi connectivity index (χ1n) is 4.94. The number of nitrogens with one attached hydrogen (secondary N) is 2. The molecular weight excluding hydrogens is 190 g/mol. The van der Waals surface area contributed by atoms with Gasteiger partial charge >= 0.3 is 0 Å². The van der Waals surface area contributed by atoms with Crippen LogP contribution in [0.25, 0.3) is 0 Å². The Labute approximate surface area is 88.4 Å². The molecule has 15 heavy (non-hydrogen) atoms. The van der Waals surface area contributed by atoms with Crippen molar-refractivity contribution in [2.75, 3.05) is 0 Å². The van der Waals surface area contributed by atoms with Crippen LogP contribution in [0.3, 0.4) is 0 Å². The van der Waals surface area contributed by atoms with Gasteiger partial charge in [0.25, 0.3) is 0 Å². The zero-order valence-electron chi connectivity index (χ0n) is 8.58. The van der Waals surface area contributed by atoms with Gasteiger partial charge in [-0.05, 0) is 18.1 Å². The monoisotopic (exact) mass is 203 g/mol. The lowest BCUT2D eigenvalue weighted by Crippen LogP contribution is -2.41. The number of rotatable bonds is 0. The smallest absolute Gasteiger partial charge is 0.235 e. The van der Waals surface area contributed by atoms with Gasteiger partial charge in [-0.15, -0.1) is 0 Å². The van der Waals surface area contributed by atoms with Gasteiger partial charge in [0, 0.05) is 13.3 Å². The number of amides is 1. The van der Waals surface area contributed by atoms with Crippen LogP contribution in [0.5, 0.6) is 0 Å². The Morgan fingerprint density at radius 2 is 2.13 bits per heavy atom. The molecule has 0 saturated heterocycles. The van der Waals surface area contributed by atoms with E-state index < -0.39 is 0 Å². The molecule has 1 aromatic carbocycles. The summed E-state index contributed by atoms with van der Waals surface area (Å²) in [5.74, 6) is 0.695. The van der Waals surface area contributed by atoms with E-state index in [-0.39, 0.29) is 5.91 Å². The number of fused-ring (bicyclic) bond motifs is 1. The minimum absolute atomic E-state index is 0.114. The molecule has 0 fully saturated rings. The Morgan fingerprint density at radius 1 is 1.33 bits per heavy atom. The third-order valence-corrected chi connectivity index (χ3v) is 2.26. The maximum atomic E-state index is 10.7. The zero-order chi connectivity index (χ0) is 10.7. The van der Waals surface area contributed by atoms with Gasteiger partial charge in [0.1, 0.15) is 5.84 Å². The van der Waals surface area contributed by atoms with E-state index in [0.29, 0.717) is 0 Å². The average Bonchev–Trinajstić information content (AvgIpc) is 2.26. The van der Waals surface area contributed by atoms with Crippen LogP contribution in [0.2, 0.25) is 0 Å². The number of hydrazine groups is 1. The predicted molar refractivity (Wildman–Crippen MR) is 58.8 cm³/mol. The molecule has 0 aliphatic carbocycles. The van der Waals surface area contributed by atoms with E-state index in [2.05, 4.69) is 21.9 Å².